The molecule has 0 spiro atoms. The van der Waals surface area contributed by atoms with Crippen molar-refractivity contribution < 1.29 is 9.53 Å². The van der Waals surface area contributed by atoms with Gasteiger partial charge in [0.05, 0.1) is 30.4 Å². The number of nitrogens with zero attached hydrogens (tertiary/aromatic N) is 1. The third-order valence-corrected chi connectivity index (χ3v) is 3.64. The zero-order valence-corrected chi connectivity index (χ0v) is 11.8. The molecule has 20 heavy (non-hydrogen) atoms. The van der Waals surface area contributed by atoms with Crippen LogP contribution >= 0.6 is 11.8 Å². The number of aromatic nitrogens is 1. The molecule has 0 aliphatic rings. The topological polar surface area (TPSA) is 77.2 Å². The smallest absolute Gasteiger partial charge is 0.234 e. The zero-order chi connectivity index (χ0) is 14.4. The van der Waals surface area contributed by atoms with Crippen LogP contribution < -0.4 is 15.8 Å². The van der Waals surface area contributed by atoms with Crippen molar-refractivity contribution in [3.63, 3.8) is 0 Å². The van der Waals surface area contributed by atoms with Crippen molar-refractivity contribution in [2.75, 3.05) is 23.9 Å². The molecule has 0 atom stereocenters. The third-order valence-electron chi connectivity index (χ3n) is 2.55. The monoisotopic (exact) mass is 289 g/mol. The summed E-state index contributed by atoms with van der Waals surface area (Å²) in [5.41, 5.74) is 7.00. The van der Waals surface area contributed by atoms with E-state index in [4.69, 9.17) is 10.5 Å². The quantitative estimate of drug-likeness (QED) is 0.826. The van der Waals surface area contributed by atoms with Gasteiger partial charge in [-0.15, -0.1) is 11.8 Å². The molecular weight excluding hydrogens is 274 g/mol. The van der Waals surface area contributed by atoms with Gasteiger partial charge in [-0.25, -0.2) is 0 Å². The van der Waals surface area contributed by atoms with Crippen LogP contribution in [0, 0.1) is 0 Å². The first-order valence-corrected chi connectivity index (χ1v) is 6.94. The maximum Gasteiger partial charge on any atom is 0.234 e. The number of carbonyl (C=O) groups excluding carboxylic acids is 1. The van der Waals surface area contributed by atoms with E-state index in [-0.39, 0.29) is 11.7 Å². The number of nitrogen functional groups attached to an aromatic ring is 1. The number of ether oxygens (including phenoxy) is 1. The van der Waals surface area contributed by atoms with Gasteiger partial charge in [-0.05, 0) is 18.2 Å². The fourth-order valence-electron chi connectivity index (χ4n) is 1.60. The highest BCUT2D eigenvalue weighted by molar-refractivity contribution is 8.00. The second-order valence-corrected chi connectivity index (χ2v) is 4.97. The van der Waals surface area contributed by atoms with Crippen molar-refractivity contribution in [3.05, 3.63) is 42.7 Å². The van der Waals surface area contributed by atoms with Crippen LogP contribution in [0.1, 0.15) is 0 Å². The molecule has 0 saturated carbocycles. The van der Waals surface area contributed by atoms with Crippen molar-refractivity contribution in [2.45, 2.75) is 4.90 Å². The van der Waals surface area contributed by atoms with Gasteiger partial charge in [-0.1, -0.05) is 12.1 Å². The number of carbonyl (C=O) groups is 1. The highest BCUT2D eigenvalue weighted by Crippen LogP contribution is 2.25. The molecular formula is C14H15N3O2S. The number of nitrogens with two attached hydrogens (primary N) is 1. The number of hydrogen-bond donors (Lipinski definition) is 2. The van der Waals surface area contributed by atoms with E-state index in [9.17, 15) is 4.79 Å². The summed E-state index contributed by atoms with van der Waals surface area (Å²) in [6, 6.07) is 9.06. The van der Waals surface area contributed by atoms with Gasteiger partial charge in [0, 0.05) is 11.1 Å². The molecule has 0 unspecified atom stereocenters. The number of anilines is 2. The Labute approximate surface area is 121 Å². The van der Waals surface area contributed by atoms with Gasteiger partial charge in [0.1, 0.15) is 5.75 Å². The number of hydrogen-bond acceptors (Lipinski definition) is 5. The number of para-hydroxylation sites is 2. The summed E-state index contributed by atoms with van der Waals surface area (Å²) in [5.74, 6) is 0.789. The van der Waals surface area contributed by atoms with Crippen molar-refractivity contribution in [1.29, 1.82) is 0 Å². The largest absolute Gasteiger partial charge is 0.495 e. The number of methoxy groups -OCH3 is 1. The minimum absolute atomic E-state index is 0.115. The molecule has 5 nitrogen and oxygen atoms in total. The summed E-state index contributed by atoms with van der Waals surface area (Å²) in [6.45, 7) is 0. The molecule has 0 saturated heterocycles. The van der Waals surface area contributed by atoms with Crippen molar-refractivity contribution >= 4 is 29.0 Å². The van der Waals surface area contributed by atoms with Gasteiger partial charge in [-0.2, -0.15) is 0 Å². The Hall–Kier alpha value is -2.21. The first-order chi connectivity index (χ1) is 9.70. The molecule has 1 aromatic carbocycles. The third kappa shape index (κ3) is 3.64. The van der Waals surface area contributed by atoms with Crippen LogP contribution in [0.3, 0.4) is 0 Å². The zero-order valence-electron chi connectivity index (χ0n) is 11.0. The van der Waals surface area contributed by atoms with E-state index < -0.39 is 0 Å². The maximum atomic E-state index is 11.9. The molecule has 104 valence electrons. The molecule has 1 aromatic heterocycles. The first kappa shape index (κ1) is 14.2. The molecule has 1 heterocycles. The Kier molecular flexibility index (Phi) is 4.84. The van der Waals surface area contributed by atoms with Crippen LogP contribution in [0.15, 0.2) is 47.6 Å². The normalized spacial score (nSPS) is 10.1. The Morgan fingerprint density at radius 2 is 2.20 bits per heavy atom. The predicted molar refractivity (Wildman–Crippen MR) is 81.0 cm³/mol. The number of nitrogens with one attached hydrogen (secondary N) is 1. The lowest BCUT2D eigenvalue weighted by Crippen LogP contribution is -2.14. The van der Waals surface area contributed by atoms with Crippen LogP contribution in [0.4, 0.5) is 11.4 Å². The molecule has 3 N–H and O–H groups in total. The summed E-state index contributed by atoms with van der Waals surface area (Å²) in [7, 11) is 1.57. The van der Waals surface area contributed by atoms with Gasteiger partial charge in [0.15, 0.2) is 0 Å². The number of benzene rings is 1. The molecule has 2 rings (SSSR count). The van der Waals surface area contributed by atoms with E-state index in [0.717, 1.165) is 4.90 Å². The van der Waals surface area contributed by atoms with E-state index in [0.29, 0.717) is 17.1 Å². The molecule has 6 heteroatoms. The summed E-state index contributed by atoms with van der Waals surface area (Å²) >= 11 is 1.37. The van der Waals surface area contributed by atoms with Crippen LogP contribution in [-0.2, 0) is 4.79 Å². The molecule has 0 radical (unpaired) electrons. The van der Waals surface area contributed by atoms with Gasteiger partial charge >= 0.3 is 0 Å². The first-order valence-electron chi connectivity index (χ1n) is 5.96. The molecule has 0 aliphatic heterocycles. The number of thioether (sulfide) groups is 1. The van der Waals surface area contributed by atoms with Crippen LogP contribution in [0.25, 0.3) is 0 Å². The number of rotatable bonds is 5. The fourth-order valence-corrected chi connectivity index (χ4v) is 2.34. The van der Waals surface area contributed by atoms with E-state index in [1.54, 1.807) is 37.7 Å². The van der Waals surface area contributed by atoms with Gasteiger partial charge in [0.2, 0.25) is 5.91 Å². The Balaban J connectivity index is 1.95. The Bertz CT molecular complexity index is 604. The number of pyridine rings is 1. The van der Waals surface area contributed by atoms with Crippen molar-refractivity contribution in [1.82, 2.24) is 4.98 Å². The standard InChI is InChI=1S/C14H15N3O2S/c1-19-12-5-3-2-4-11(12)17-14(18)9-20-13-6-7-16-8-10(13)15/h2-8H,9,15H2,1H3,(H,17,18). The second-order valence-electron chi connectivity index (χ2n) is 3.95. The maximum absolute atomic E-state index is 11.9. The summed E-state index contributed by atoms with van der Waals surface area (Å²) < 4.78 is 5.18. The fraction of sp³-hybridized carbons (Fsp3) is 0.143. The molecule has 2 aromatic rings. The highest BCUT2D eigenvalue weighted by Gasteiger charge is 2.08. The summed E-state index contributed by atoms with van der Waals surface area (Å²) in [5, 5.41) is 2.81. The van der Waals surface area contributed by atoms with Crippen LogP contribution in [0.2, 0.25) is 0 Å². The lowest BCUT2D eigenvalue weighted by molar-refractivity contribution is -0.113. The van der Waals surface area contributed by atoms with Crippen LogP contribution in [-0.4, -0.2) is 23.8 Å². The molecule has 0 bridgehead atoms. The minimum atomic E-state index is -0.115. The second kappa shape index (κ2) is 6.81. The molecule has 0 fully saturated rings. The SMILES string of the molecule is COc1ccccc1NC(=O)CSc1ccncc1N. The van der Waals surface area contributed by atoms with Gasteiger partial charge < -0.3 is 15.8 Å². The highest BCUT2D eigenvalue weighted by atomic mass is 32.2. The van der Waals surface area contributed by atoms with Crippen LogP contribution in [0.5, 0.6) is 5.75 Å². The average molecular weight is 289 g/mol. The van der Waals surface area contributed by atoms with Gasteiger partial charge in [-0.3, -0.25) is 9.78 Å². The van der Waals surface area contributed by atoms with E-state index in [2.05, 4.69) is 10.3 Å². The number of amides is 1. The summed E-state index contributed by atoms with van der Waals surface area (Å²) in [4.78, 5) is 16.7. The van der Waals surface area contributed by atoms with E-state index in [1.807, 2.05) is 12.1 Å². The minimum Gasteiger partial charge on any atom is -0.495 e. The predicted octanol–water partition coefficient (Wildman–Crippen LogP) is 2.40. The Morgan fingerprint density at radius 1 is 1.40 bits per heavy atom. The van der Waals surface area contributed by atoms with Gasteiger partial charge in [0.25, 0.3) is 0 Å². The summed E-state index contributed by atoms with van der Waals surface area (Å²) in [6.07, 6.45) is 3.22. The lowest BCUT2D eigenvalue weighted by atomic mass is 10.3. The lowest BCUT2D eigenvalue weighted by Gasteiger charge is -2.10. The van der Waals surface area contributed by atoms with E-state index >= 15 is 0 Å². The molecule has 1 amide bonds. The van der Waals surface area contributed by atoms with E-state index in [1.165, 1.54) is 11.8 Å². The molecule has 0 aliphatic carbocycles. The van der Waals surface area contributed by atoms with Crippen molar-refractivity contribution in [2.24, 2.45) is 0 Å². The average Bonchev–Trinajstić information content (AvgIpc) is 2.47. The Morgan fingerprint density at radius 3 is 2.95 bits per heavy atom. The van der Waals surface area contributed by atoms with Crippen molar-refractivity contribution in [3.8, 4) is 5.75 Å².